The molecule has 1 atom stereocenters. The first-order valence-corrected chi connectivity index (χ1v) is 13.2. The maximum atomic E-state index is 13.9. The number of amides is 2. The minimum absolute atomic E-state index is 0.0521. The number of hydrogen-bond donors (Lipinski definition) is 1. The van der Waals surface area contributed by atoms with Crippen LogP contribution in [0.3, 0.4) is 0 Å². The number of nitrogens with one attached hydrogen (secondary N) is 1. The van der Waals surface area contributed by atoms with E-state index in [1.807, 2.05) is 35.1 Å². The van der Waals surface area contributed by atoms with E-state index in [9.17, 15) is 9.59 Å². The van der Waals surface area contributed by atoms with Gasteiger partial charge in [0.1, 0.15) is 11.2 Å². The van der Waals surface area contributed by atoms with E-state index >= 15 is 0 Å². The van der Waals surface area contributed by atoms with Crippen molar-refractivity contribution in [3.05, 3.63) is 53.0 Å². The van der Waals surface area contributed by atoms with E-state index < -0.39 is 5.54 Å². The summed E-state index contributed by atoms with van der Waals surface area (Å²) in [7, 11) is 0. The summed E-state index contributed by atoms with van der Waals surface area (Å²) in [6, 6.07) is 12.3. The van der Waals surface area contributed by atoms with Crippen LogP contribution in [0.25, 0.3) is 10.2 Å². The summed E-state index contributed by atoms with van der Waals surface area (Å²) in [5.74, 6) is -0.159. The van der Waals surface area contributed by atoms with Crippen LogP contribution in [-0.2, 0) is 17.8 Å². The Morgan fingerprint density at radius 3 is 2.48 bits per heavy atom. The second-order valence-electron chi connectivity index (χ2n) is 9.74. The molecule has 1 aliphatic heterocycles. The van der Waals surface area contributed by atoms with Gasteiger partial charge in [0.15, 0.2) is 0 Å². The Morgan fingerprint density at radius 1 is 1.09 bits per heavy atom. The molecule has 5 rings (SSSR count). The number of aryl methyl sites for hydroxylation is 1. The van der Waals surface area contributed by atoms with E-state index in [4.69, 9.17) is 0 Å². The van der Waals surface area contributed by atoms with Crippen molar-refractivity contribution in [1.82, 2.24) is 9.88 Å². The van der Waals surface area contributed by atoms with Gasteiger partial charge >= 0.3 is 0 Å². The second kappa shape index (κ2) is 8.98. The highest BCUT2D eigenvalue weighted by molar-refractivity contribution is 7.17. The van der Waals surface area contributed by atoms with Crippen LogP contribution in [0.1, 0.15) is 74.8 Å². The molecule has 2 aliphatic rings. The highest BCUT2D eigenvalue weighted by Crippen LogP contribution is 2.37. The number of anilines is 1. The maximum absolute atomic E-state index is 13.9. The smallest absolute Gasteiger partial charge is 0.275 e. The largest absolute Gasteiger partial charge is 0.351 e. The molecular formula is C27H33N3O2S. The maximum Gasteiger partial charge on any atom is 0.275 e. The Bertz CT molecular complexity index is 1150. The summed E-state index contributed by atoms with van der Waals surface area (Å²) in [6.45, 7) is 4.49. The highest BCUT2D eigenvalue weighted by atomic mass is 32.1. The van der Waals surface area contributed by atoms with Gasteiger partial charge in [-0.1, -0.05) is 51.2 Å². The van der Waals surface area contributed by atoms with E-state index in [1.54, 1.807) is 16.2 Å². The van der Waals surface area contributed by atoms with Crippen LogP contribution in [-0.4, -0.2) is 28.0 Å². The van der Waals surface area contributed by atoms with E-state index in [0.29, 0.717) is 12.2 Å². The molecule has 174 valence electrons. The number of fused-ring (bicyclic) bond motifs is 3. The third-order valence-corrected chi connectivity index (χ3v) is 8.29. The summed E-state index contributed by atoms with van der Waals surface area (Å²) >= 11 is 1.63. The summed E-state index contributed by atoms with van der Waals surface area (Å²) < 4.78 is 3.13. The quantitative estimate of drug-likeness (QED) is 0.523. The molecule has 1 N–H and O–H groups in total. The lowest BCUT2D eigenvalue weighted by Gasteiger charge is -2.44. The van der Waals surface area contributed by atoms with Crippen LogP contribution in [0, 0.1) is 0 Å². The van der Waals surface area contributed by atoms with Gasteiger partial charge < -0.3 is 9.88 Å². The van der Waals surface area contributed by atoms with Gasteiger partial charge in [0.2, 0.25) is 5.91 Å². The fourth-order valence-corrected chi connectivity index (χ4v) is 6.26. The lowest BCUT2D eigenvalue weighted by Crippen LogP contribution is -2.65. The van der Waals surface area contributed by atoms with Crippen molar-refractivity contribution in [2.45, 2.75) is 83.3 Å². The van der Waals surface area contributed by atoms with Gasteiger partial charge in [-0.05, 0) is 61.4 Å². The molecule has 1 aliphatic carbocycles. The molecule has 0 bridgehead atoms. The van der Waals surface area contributed by atoms with Crippen LogP contribution < -0.4 is 10.2 Å². The number of hydrogen-bond acceptors (Lipinski definition) is 3. The van der Waals surface area contributed by atoms with Gasteiger partial charge in [0.25, 0.3) is 5.91 Å². The van der Waals surface area contributed by atoms with Crippen molar-refractivity contribution < 1.29 is 9.59 Å². The standard InChI is InChI=1S/C27H33N3O2S/c1-3-19-11-13-21(14-12-19)30-25(31)23-17-24-22(15-16-33-24)29(23)18-27(30,2)26(32)28-20-9-7-5-4-6-8-10-20/h11-17,20H,3-10,18H2,1-2H3,(H,28,32). The third-order valence-electron chi connectivity index (χ3n) is 7.44. The minimum Gasteiger partial charge on any atom is -0.351 e. The molecule has 1 saturated carbocycles. The van der Waals surface area contributed by atoms with Gasteiger partial charge in [-0.2, -0.15) is 0 Å². The van der Waals surface area contributed by atoms with Crippen LogP contribution in [0.5, 0.6) is 0 Å². The average molecular weight is 464 g/mol. The van der Waals surface area contributed by atoms with Crippen LogP contribution in [0.4, 0.5) is 5.69 Å². The fourth-order valence-electron chi connectivity index (χ4n) is 5.44. The van der Waals surface area contributed by atoms with Gasteiger partial charge in [-0.25, -0.2) is 0 Å². The van der Waals surface area contributed by atoms with Gasteiger partial charge in [0, 0.05) is 11.7 Å². The average Bonchev–Trinajstić information content (AvgIpc) is 3.38. The number of nitrogens with zero attached hydrogens (tertiary/aromatic N) is 2. The van der Waals surface area contributed by atoms with E-state index in [2.05, 4.69) is 30.4 Å². The Labute approximate surface area is 199 Å². The van der Waals surface area contributed by atoms with Crippen molar-refractivity contribution in [3.8, 4) is 0 Å². The van der Waals surface area contributed by atoms with Crippen molar-refractivity contribution in [2.24, 2.45) is 0 Å². The van der Waals surface area contributed by atoms with Crippen LogP contribution in [0.15, 0.2) is 41.8 Å². The molecule has 0 radical (unpaired) electrons. The van der Waals surface area contributed by atoms with Gasteiger partial charge in [0.05, 0.1) is 16.8 Å². The molecule has 1 aromatic carbocycles. The lowest BCUT2D eigenvalue weighted by molar-refractivity contribution is -0.127. The Kier molecular flexibility index (Phi) is 6.04. The molecule has 3 aromatic rings. The number of carbonyl (C=O) groups excluding carboxylic acids is 2. The SMILES string of the molecule is CCc1ccc(N2C(=O)c3cc4sccc4n3CC2(C)C(=O)NC2CCCCCCC2)cc1. The molecule has 6 heteroatoms. The van der Waals surface area contributed by atoms with Crippen LogP contribution >= 0.6 is 11.3 Å². The molecule has 3 heterocycles. The number of aromatic nitrogens is 1. The minimum atomic E-state index is -1.01. The van der Waals surface area contributed by atoms with Crippen molar-refractivity contribution >= 4 is 39.1 Å². The Morgan fingerprint density at radius 2 is 1.79 bits per heavy atom. The number of carbonyl (C=O) groups is 2. The number of benzene rings is 1. The number of thiophene rings is 1. The summed E-state index contributed by atoms with van der Waals surface area (Å²) in [5, 5.41) is 5.41. The third kappa shape index (κ3) is 3.99. The molecule has 5 nitrogen and oxygen atoms in total. The summed E-state index contributed by atoms with van der Waals surface area (Å²) in [5.41, 5.74) is 2.69. The predicted molar refractivity (Wildman–Crippen MR) is 135 cm³/mol. The zero-order chi connectivity index (χ0) is 23.0. The monoisotopic (exact) mass is 463 g/mol. The molecule has 0 spiro atoms. The van der Waals surface area contributed by atoms with E-state index in [1.165, 1.54) is 24.8 Å². The molecule has 0 saturated heterocycles. The zero-order valence-electron chi connectivity index (χ0n) is 19.6. The van der Waals surface area contributed by atoms with Gasteiger partial charge in [-0.15, -0.1) is 11.3 Å². The molecule has 2 amide bonds. The first kappa shape index (κ1) is 22.2. The summed E-state index contributed by atoms with van der Waals surface area (Å²) in [6.07, 6.45) is 9.05. The second-order valence-corrected chi connectivity index (χ2v) is 10.7. The van der Waals surface area contributed by atoms with Crippen molar-refractivity contribution in [3.63, 3.8) is 0 Å². The Balaban J connectivity index is 1.54. The number of rotatable bonds is 4. The first-order chi connectivity index (χ1) is 16.0. The van der Waals surface area contributed by atoms with Crippen LogP contribution in [0.2, 0.25) is 0 Å². The van der Waals surface area contributed by atoms with E-state index in [0.717, 1.165) is 48.0 Å². The first-order valence-electron chi connectivity index (χ1n) is 12.3. The predicted octanol–water partition coefficient (Wildman–Crippen LogP) is 5.91. The zero-order valence-corrected chi connectivity index (χ0v) is 20.4. The van der Waals surface area contributed by atoms with Crippen molar-refractivity contribution in [1.29, 1.82) is 0 Å². The molecule has 1 fully saturated rings. The fraction of sp³-hybridized carbons (Fsp3) is 0.481. The van der Waals surface area contributed by atoms with Gasteiger partial charge in [-0.3, -0.25) is 14.5 Å². The molecule has 33 heavy (non-hydrogen) atoms. The van der Waals surface area contributed by atoms with Crippen molar-refractivity contribution in [2.75, 3.05) is 4.90 Å². The van der Waals surface area contributed by atoms with E-state index in [-0.39, 0.29) is 17.9 Å². The summed E-state index contributed by atoms with van der Waals surface area (Å²) in [4.78, 5) is 29.6. The molecule has 1 unspecified atom stereocenters. The topological polar surface area (TPSA) is 54.3 Å². The molecule has 2 aromatic heterocycles. The Hall–Kier alpha value is -2.60. The lowest BCUT2D eigenvalue weighted by atomic mass is 9.91. The highest BCUT2D eigenvalue weighted by Gasteiger charge is 2.49. The molecular weight excluding hydrogens is 430 g/mol. The normalized spacial score (nSPS) is 22.1.